The van der Waals surface area contributed by atoms with E-state index in [2.05, 4.69) is 26.1 Å². The highest BCUT2D eigenvalue weighted by atomic mass is 16.5. The fraction of sp³-hybridized carbons (Fsp3) is 0.600. The number of hydrogen-bond acceptors (Lipinski definition) is 3. The van der Waals surface area contributed by atoms with Crippen LogP contribution in [0.3, 0.4) is 0 Å². The molecule has 0 aromatic heterocycles. The van der Waals surface area contributed by atoms with Crippen molar-refractivity contribution >= 4 is 0 Å². The summed E-state index contributed by atoms with van der Waals surface area (Å²) >= 11 is 0. The smallest absolute Gasteiger partial charge is 0.119 e. The zero-order chi connectivity index (χ0) is 13.4. The van der Waals surface area contributed by atoms with E-state index in [1.807, 2.05) is 24.3 Å². The summed E-state index contributed by atoms with van der Waals surface area (Å²) in [5, 5.41) is 3.48. The topological polar surface area (TPSA) is 30.5 Å². The predicted octanol–water partition coefficient (Wildman–Crippen LogP) is 3.10. The standard InChI is InChI=1S/C15H25NO2/c1-5-12(2)13(3)16-10-11-18-15-8-6-14(17-4)7-9-15/h6-9,12-13,16H,5,10-11H2,1-4H3. The van der Waals surface area contributed by atoms with Gasteiger partial charge in [0.05, 0.1) is 7.11 Å². The Morgan fingerprint density at radius 3 is 2.28 bits per heavy atom. The molecule has 1 rings (SSSR count). The zero-order valence-corrected chi connectivity index (χ0v) is 11.9. The lowest BCUT2D eigenvalue weighted by atomic mass is 10.0. The van der Waals surface area contributed by atoms with Crippen molar-refractivity contribution in [2.45, 2.75) is 33.2 Å². The summed E-state index contributed by atoms with van der Waals surface area (Å²) in [7, 11) is 1.66. The second kappa shape index (κ2) is 7.98. The quantitative estimate of drug-likeness (QED) is 0.720. The highest BCUT2D eigenvalue weighted by Crippen LogP contribution is 2.16. The third kappa shape index (κ3) is 4.96. The fourth-order valence-electron chi connectivity index (χ4n) is 1.68. The van der Waals surface area contributed by atoms with E-state index < -0.39 is 0 Å². The Morgan fingerprint density at radius 1 is 1.11 bits per heavy atom. The van der Waals surface area contributed by atoms with Crippen LogP contribution in [-0.4, -0.2) is 26.3 Å². The minimum Gasteiger partial charge on any atom is -0.497 e. The molecule has 2 unspecified atom stereocenters. The van der Waals surface area contributed by atoms with Gasteiger partial charge in [0.15, 0.2) is 0 Å². The summed E-state index contributed by atoms with van der Waals surface area (Å²) in [6, 6.07) is 8.21. The Kier molecular flexibility index (Phi) is 6.58. The van der Waals surface area contributed by atoms with Gasteiger partial charge in [0.25, 0.3) is 0 Å². The SMILES string of the molecule is CCC(C)C(C)NCCOc1ccc(OC)cc1. The van der Waals surface area contributed by atoms with Gasteiger partial charge in [-0.25, -0.2) is 0 Å². The number of benzene rings is 1. The van der Waals surface area contributed by atoms with Gasteiger partial charge in [0, 0.05) is 12.6 Å². The summed E-state index contributed by atoms with van der Waals surface area (Å²) < 4.78 is 10.7. The Hall–Kier alpha value is -1.22. The Morgan fingerprint density at radius 2 is 1.72 bits per heavy atom. The molecule has 0 radical (unpaired) electrons. The molecule has 18 heavy (non-hydrogen) atoms. The molecule has 3 heteroatoms. The van der Waals surface area contributed by atoms with Gasteiger partial charge in [-0.3, -0.25) is 0 Å². The van der Waals surface area contributed by atoms with Crippen molar-refractivity contribution in [2.24, 2.45) is 5.92 Å². The van der Waals surface area contributed by atoms with Crippen LogP contribution in [0.1, 0.15) is 27.2 Å². The molecule has 3 nitrogen and oxygen atoms in total. The van der Waals surface area contributed by atoms with Crippen LogP contribution >= 0.6 is 0 Å². The molecule has 2 atom stereocenters. The molecule has 0 aliphatic heterocycles. The van der Waals surface area contributed by atoms with Crippen LogP contribution in [0.5, 0.6) is 11.5 Å². The number of rotatable bonds is 8. The third-order valence-corrected chi connectivity index (χ3v) is 3.39. The van der Waals surface area contributed by atoms with Gasteiger partial charge >= 0.3 is 0 Å². The van der Waals surface area contributed by atoms with E-state index in [1.54, 1.807) is 7.11 Å². The van der Waals surface area contributed by atoms with E-state index in [9.17, 15) is 0 Å². The number of nitrogens with one attached hydrogen (secondary N) is 1. The molecule has 1 aromatic rings. The van der Waals surface area contributed by atoms with Crippen LogP contribution in [0.15, 0.2) is 24.3 Å². The Bertz CT molecular complexity index is 324. The number of methoxy groups -OCH3 is 1. The first-order chi connectivity index (χ1) is 8.67. The lowest BCUT2D eigenvalue weighted by molar-refractivity contribution is 0.291. The lowest BCUT2D eigenvalue weighted by Crippen LogP contribution is -2.34. The van der Waals surface area contributed by atoms with Gasteiger partial charge in [-0.2, -0.15) is 0 Å². The Labute approximate surface area is 110 Å². The van der Waals surface area contributed by atoms with Crippen molar-refractivity contribution in [1.29, 1.82) is 0 Å². The second-order valence-electron chi connectivity index (χ2n) is 4.65. The van der Waals surface area contributed by atoms with Gasteiger partial charge in [-0.05, 0) is 37.1 Å². The largest absolute Gasteiger partial charge is 0.497 e. The average molecular weight is 251 g/mol. The first-order valence-electron chi connectivity index (χ1n) is 6.67. The van der Waals surface area contributed by atoms with Gasteiger partial charge in [-0.15, -0.1) is 0 Å². The maximum Gasteiger partial charge on any atom is 0.119 e. The summed E-state index contributed by atoms with van der Waals surface area (Å²) in [6.45, 7) is 8.27. The molecular formula is C15H25NO2. The summed E-state index contributed by atoms with van der Waals surface area (Å²) in [5.74, 6) is 2.44. The van der Waals surface area contributed by atoms with E-state index in [-0.39, 0.29) is 0 Å². The molecule has 0 saturated heterocycles. The van der Waals surface area contributed by atoms with E-state index in [1.165, 1.54) is 6.42 Å². The Balaban J connectivity index is 2.21. The molecule has 0 fully saturated rings. The summed E-state index contributed by atoms with van der Waals surface area (Å²) in [6.07, 6.45) is 1.20. The molecule has 0 heterocycles. The molecule has 0 aliphatic carbocycles. The van der Waals surface area contributed by atoms with Crippen molar-refractivity contribution in [1.82, 2.24) is 5.32 Å². The second-order valence-corrected chi connectivity index (χ2v) is 4.65. The van der Waals surface area contributed by atoms with Crippen molar-refractivity contribution in [3.05, 3.63) is 24.3 Å². The van der Waals surface area contributed by atoms with Gasteiger partial charge in [-0.1, -0.05) is 20.3 Å². The molecule has 102 valence electrons. The van der Waals surface area contributed by atoms with E-state index in [0.717, 1.165) is 18.0 Å². The van der Waals surface area contributed by atoms with Crippen LogP contribution in [0.25, 0.3) is 0 Å². The molecule has 0 aliphatic rings. The number of hydrogen-bond donors (Lipinski definition) is 1. The van der Waals surface area contributed by atoms with Crippen LogP contribution in [-0.2, 0) is 0 Å². The van der Waals surface area contributed by atoms with E-state index in [4.69, 9.17) is 9.47 Å². The molecule has 0 saturated carbocycles. The van der Waals surface area contributed by atoms with Crippen molar-refractivity contribution < 1.29 is 9.47 Å². The maximum absolute atomic E-state index is 5.65. The minimum atomic E-state index is 0.537. The number of ether oxygens (including phenoxy) is 2. The molecule has 1 N–H and O–H groups in total. The highest BCUT2D eigenvalue weighted by Gasteiger charge is 2.08. The average Bonchev–Trinajstić information content (AvgIpc) is 2.43. The van der Waals surface area contributed by atoms with E-state index in [0.29, 0.717) is 18.6 Å². The first kappa shape index (κ1) is 14.8. The minimum absolute atomic E-state index is 0.537. The van der Waals surface area contributed by atoms with Crippen LogP contribution in [0.2, 0.25) is 0 Å². The van der Waals surface area contributed by atoms with Gasteiger partial charge in [0.2, 0.25) is 0 Å². The fourth-order valence-corrected chi connectivity index (χ4v) is 1.68. The summed E-state index contributed by atoms with van der Waals surface area (Å²) in [5.41, 5.74) is 0. The molecular weight excluding hydrogens is 226 g/mol. The maximum atomic E-state index is 5.65. The van der Waals surface area contributed by atoms with Crippen LogP contribution in [0.4, 0.5) is 0 Å². The van der Waals surface area contributed by atoms with E-state index >= 15 is 0 Å². The van der Waals surface area contributed by atoms with Crippen LogP contribution < -0.4 is 14.8 Å². The van der Waals surface area contributed by atoms with Gasteiger partial charge in [0.1, 0.15) is 18.1 Å². The summed E-state index contributed by atoms with van der Waals surface area (Å²) in [4.78, 5) is 0. The first-order valence-corrected chi connectivity index (χ1v) is 6.67. The monoisotopic (exact) mass is 251 g/mol. The van der Waals surface area contributed by atoms with Crippen LogP contribution in [0, 0.1) is 5.92 Å². The van der Waals surface area contributed by atoms with Crippen molar-refractivity contribution in [3.63, 3.8) is 0 Å². The highest BCUT2D eigenvalue weighted by molar-refractivity contribution is 5.31. The van der Waals surface area contributed by atoms with Gasteiger partial charge < -0.3 is 14.8 Å². The lowest BCUT2D eigenvalue weighted by Gasteiger charge is -2.19. The molecule has 1 aromatic carbocycles. The predicted molar refractivity (Wildman–Crippen MR) is 75.4 cm³/mol. The molecule has 0 spiro atoms. The zero-order valence-electron chi connectivity index (χ0n) is 11.9. The molecule has 0 amide bonds. The molecule has 0 bridgehead atoms. The van der Waals surface area contributed by atoms with Crippen molar-refractivity contribution in [2.75, 3.05) is 20.3 Å². The third-order valence-electron chi connectivity index (χ3n) is 3.39. The normalized spacial score (nSPS) is 14.0. The van der Waals surface area contributed by atoms with Crippen molar-refractivity contribution in [3.8, 4) is 11.5 Å².